The van der Waals surface area contributed by atoms with Crippen molar-refractivity contribution < 1.29 is 9.72 Å². The Balaban J connectivity index is 2.00. The summed E-state index contributed by atoms with van der Waals surface area (Å²) in [7, 11) is 0. The predicted molar refractivity (Wildman–Crippen MR) is 76.5 cm³/mol. The quantitative estimate of drug-likeness (QED) is 0.528. The van der Waals surface area contributed by atoms with Gasteiger partial charge in [0, 0.05) is 12.3 Å². The highest BCUT2D eigenvalue weighted by Gasteiger charge is 2.18. The number of rotatable bonds is 3. The molecule has 0 spiro atoms. The molecule has 0 aliphatic rings. The molecule has 0 saturated carbocycles. The predicted octanol–water partition coefficient (Wildman–Crippen LogP) is 1.77. The number of para-hydroxylation sites is 1. The largest absolute Gasteiger partial charge is 0.341 e. The number of hydrogen-bond donors (Lipinski definition) is 1. The van der Waals surface area contributed by atoms with E-state index < -0.39 is 10.8 Å². The van der Waals surface area contributed by atoms with Crippen molar-refractivity contribution in [2.75, 3.05) is 6.54 Å². The van der Waals surface area contributed by atoms with Crippen molar-refractivity contribution in [3.8, 4) is 11.8 Å². The zero-order chi connectivity index (χ0) is 15.1. The van der Waals surface area contributed by atoms with E-state index in [1.165, 1.54) is 18.2 Å². The Bertz CT molecular complexity index is 718. The second kappa shape index (κ2) is 6.82. The van der Waals surface area contributed by atoms with Gasteiger partial charge in [-0.25, -0.2) is 4.98 Å². The molecule has 2 aromatic rings. The highest BCUT2D eigenvalue weighted by Crippen LogP contribution is 2.16. The summed E-state index contributed by atoms with van der Waals surface area (Å²) >= 11 is 0. The van der Waals surface area contributed by atoms with E-state index >= 15 is 0 Å². The van der Waals surface area contributed by atoms with E-state index in [-0.39, 0.29) is 17.8 Å². The number of nitrogens with zero attached hydrogens (tertiary/aromatic N) is 2. The van der Waals surface area contributed by atoms with Gasteiger partial charge < -0.3 is 5.32 Å². The second-order valence-corrected chi connectivity index (χ2v) is 3.97. The summed E-state index contributed by atoms with van der Waals surface area (Å²) in [5, 5.41) is 13.4. The zero-order valence-corrected chi connectivity index (χ0v) is 10.9. The third-order valence-corrected chi connectivity index (χ3v) is 2.56. The molecule has 1 N–H and O–H groups in total. The third kappa shape index (κ3) is 3.88. The van der Waals surface area contributed by atoms with Crippen LogP contribution in [-0.2, 0) is 0 Å². The molecule has 1 aromatic heterocycles. The Kier molecular flexibility index (Phi) is 4.62. The molecule has 104 valence electrons. The second-order valence-electron chi connectivity index (χ2n) is 3.97. The minimum atomic E-state index is -0.589. The van der Waals surface area contributed by atoms with Crippen molar-refractivity contribution in [1.82, 2.24) is 10.3 Å². The first-order valence-electron chi connectivity index (χ1n) is 6.10. The van der Waals surface area contributed by atoms with Crippen LogP contribution >= 0.6 is 0 Å². The number of pyridine rings is 1. The lowest BCUT2D eigenvalue weighted by Crippen LogP contribution is -2.24. The maximum absolute atomic E-state index is 11.9. The summed E-state index contributed by atoms with van der Waals surface area (Å²) in [6.07, 6.45) is 1.62. The number of aromatic nitrogens is 1. The van der Waals surface area contributed by atoms with Crippen molar-refractivity contribution in [2.24, 2.45) is 0 Å². The highest BCUT2D eigenvalue weighted by molar-refractivity contribution is 5.98. The van der Waals surface area contributed by atoms with E-state index in [1.54, 1.807) is 24.4 Å². The average molecular weight is 281 g/mol. The van der Waals surface area contributed by atoms with Crippen molar-refractivity contribution in [3.05, 3.63) is 70.0 Å². The van der Waals surface area contributed by atoms with Gasteiger partial charge >= 0.3 is 0 Å². The van der Waals surface area contributed by atoms with Crippen molar-refractivity contribution in [2.45, 2.75) is 0 Å². The number of amides is 1. The maximum atomic E-state index is 11.9. The van der Waals surface area contributed by atoms with E-state index in [1.807, 2.05) is 6.07 Å². The van der Waals surface area contributed by atoms with Gasteiger partial charge in [0.15, 0.2) is 0 Å². The van der Waals surface area contributed by atoms with Gasteiger partial charge in [-0.2, -0.15) is 0 Å². The molecule has 1 heterocycles. The smallest absolute Gasteiger partial charge is 0.282 e. The topological polar surface area (TPSA) is 85.1 Å². The first-order valence-corrected chi connectivity index (χ1v) is 6.10. The first kappa shape index (κ1) is 14.2. The Morgan fingerprint density at radius 1 is 1.24 bits per heavy atom. The van der Waals surface area contributed by atoms with Crippen molar-refractivity contribution >= 4 is 11.6 Å². The molecule has 2 rings (SSSR count). The molecule has 0 unspecified atom stereocenters. The molecule has 6 heteroatoms. The normalized spacial score (nSPS) is 9.33. The molecule has 0 fully saturated rings. The van der Waals surface area contributed by atoms with Gasteiger partial charge in [0.1, 0.15) is 11.3 Å². The molecule has 1 aromatic carbocycles. The SMILES string of the molecule is O=C(NCC#Cc1ccccn1)c1ccccc1[N+](=O)[O-]. The molecule has 21 heavy (non-hydrogen) atoms. The summed E-state index contributed by atoms with van der Waals surface area (Å²) in [6.45, 7) is 0.0848. The monoisotopic (exact) mass is 281 g/mol. The Morgan fingerprint density at radius 2 is 2.00 bits per heavy atom. The Labute approximate surface area is 121 Å². The minimum absolute atomic E-state index is 0.0159. The van der Waals surface area contributed by atoms with Gasteiger partial charge in [-0.15, -0.1) is 0 Å². The van der Waals surface area contributed by atoms with E-state index in [0.717, 1.165) is 0 Å². The van der Waals surface area contributed by atoms with Crippen LogP contribution in [0.3, 0.4) is 0 Å². The maximum Gasteiger partial charge on any atom is 0.282 e. The molecule has 6 nitrogen and oxygen atoms in total. The van der Waals surface area contributed by atoms with Gasteiger partial charge in [-0.1, -0.05) is 24.1 Å². The molecule has 0 aliphatic heterocycles. The van der Waals surface area contributed by atoms with Crippen LogP contribution in [0.15, 0.2) is 48.7 Å². The summed E-state index contributed by atoms with van der Waals surface area (Å²) in [6, 6.07) is 11.1. The Hall–Kier alpha value is -3.20. The van der Waals surface area contributed by atoms with Gasteiger partial charge in [0.05, 0.1) is 11.5 Å². The number of carbonyl (C=O) groups is 1. The molecule has 0 saturated heterocycles. The molecular formula is C15H11N3O3. The fourth-order valence-electron chi connectivity index (χ4n) is 1.62. The molecule has 0 bridgehead atoms. The lowest BCUT2D eigenvalue weighted by molar-refractivity contribution is -0.385. The van der Waals surface area contributed by atoms with Crippen LogP contribution in [0.1, 0.15) is 16.1 Å². The van der Waals surface area contributed by atoms with Crippen LogP contribution in [0.4, 0.5) is 5.69 Å². The van der Waals surface area contributed by atoms with Gasteiger partial charge in [-0.3, -0.25) is 14.9 Å². The number of carbonyl (C=O) groups excluding carboxylic acids is 1. The number of nitro groups is 1. The number of hydrogen-bond acceptors (Lipinski definition) is 4. The summed E-state index contributed by atoms with van der Waals surface area (Å²) in [5.74, 6) is 4.99. The third-order valence-electron chi connectivity index (χ3n) is 2.56. The molecule has 0 atom stereocenters. The van der Waals surface area contributed by atoms with E-state index in [2.05, 4.69) is 22.1 Å². The van der Waals surface area contributed by atoms with Gasteiger partial charge in [-0.05, 0) is 24.1 Å². The van der Waals surface area contributed by atoms with Crippen LogP contribution < -0.4 is 5.32 Å². The summed E-state index contributed by atoms with van der Waals surface area (Å²) < 4.78 is 0. The molecule has 0 aliphatic carbocycles. The van der Waals surface area contributed by atoms with Crippen molar-refractivity contribution in [3.63, 3.8) is 0 Å². The van der Waals surface area contributed by atoms with E-state index in [9.17, 15) is 14.9 Å². The van der Waals surface area contributed by atoms with Crippen LogP contribution in [0.5, 0.6) is 0 Å². The molecular weight excluding hydrogens is 270 g/mol. The van der Waals surface area contributed by atoms with Crippen LogP contribution in [0.2, 0.25) is 0 Å². The minimum Gasteiger partial charge on any atom is -0.341 e. The first-order chi connectivity index (χ1) is 10.2. The van der Waals surface area contributed by atoms with Crippen LogP contribution in [0.25, 0.3) is 0 Å². The van der Waals surface area contributed by atoms with Gasteiger partial charge in [0.25, 0.3) is 11.6 Å². The fourth-order valence-corrected chi connectivity index (χ4v) is 1.62. The molecule has 1 amide bonds. The number of benzene rings is 1. The number of nitro benzene ring substituents is 1. The lowest BCUT2D eigenvalue weighted by atomic mass is 10.1. The number of nitrogens with one attached hydrogen (secondary N) is 1. The Morgan fingerprint density at radius 3 is 2.71 bits per heavy atom. The summed E-state index contributed by atoms with van der Waals surface area (Å²) in [5.41, 5.74) is 0.382. The standard InChI is InChI=1S/C15H11N3O3/c19-15(13-8-1-2-9-14(13)18(20)21)17-11-5-7-12-6-3-4-10-16-12/h1-4,6,8-10H,11H2,(H,17,19). The average Bonchev–Trinajstić information content (AvgIpc) is 2.52. The molecule has 0 radical (unpaired) electrons. The summed E-state index contributed by atoms with van der Waals surface area (Å²) in [4.78, 5) is 26.1. The van der Waals surface area contributed by atoms with Gasteiger partial charge in [0.2, 0.25) is 0 Å². The fraction of sp³-hybridized carbons (Fsp3) is 0.0667. The van der Waals surface area contributed by atoms with Crippen LogP contribution in [-0.4, -0.2) is 22.4 Å². The van der Waals surface area contributed by atoms with Crippen molar-refractivity contribution in [1.29, 1.82) is 0 Å². The van der Waals surface area contributed by atoms with E-state index in [0.29, 0.717) is 5.69 Å². The zero-order valence-electron chi connectivity index (χ0n) is 10.9. The van der Waals surface area contributed by atoms with E-state index in [4.69, 9.17) is 0 Å². The van der Waals surface area contributed by atoms with Crippen LogP contribution in [0, 0.1) is 22.0 Å². The lowest BCUT2D eigenvalue weighted by Gasteiger charge is -2.02. The highest BCUT2D eigenvalue weighted by atomic mass is 16.6.